The maximum absolute atomic E-state index is 11.1. The van der Waals surface area contributed by atoms with Crippen LogP contribution in [0, 0.1) is 0 Å². The van der Waals surface area contributed by atoms with E-state index in [1.807, 2.05) is 0 Å². The maximum atomic E-state index is 11.1. The standard InChI is InChI=1S/C8H11N3O3S/c1-5(12)11-7-4-6(9)2-3-8(7)15(10,13)14/h2-4H,9H2,1H3,(H,11,12)(H2,10,13,14). The Balaban J connectivity index is 3.33. The van der Waals surface area contributed by atoms with Gasteiger partial charge in [-0.05, 0) is 18.2 Å². The molecule has 0 unspecified atom stereocenters. The predicted octanol–water partition coefficient (Wildman–Crippen LogP) is -0.125. The van der Waals surface area contributed by atoms with E-state index in [0.717, 1.165) is 0 Å². The van der Waals surface area contributed by atoms with Crippen LogP contribution in [0.2, 0.25) is 0 Å². The average molecular weight is 229 g/mol. The highest BCUT2D eigenvalue weighted by atomic mass is 32.2. The number of benzene rings is 1. The molecule has 0 aliphatic carbocycles. The van der Waals surface area contributed by atoms with Crippen molar-refractivity contribution in [1.82, 2.24) is 0 Å². The molecule has 0 aliphatic heterocycles. The summed E-state index contributed by atoms with van der Waals surface area (Å²) in [5.41, 5.74) is 5.89. The molecule has 82 valence electrons. The molecule has 1 aromatic carbocycles. The van der Waals surface area contributed by atoms with Gasteiger partial charge in [0.2, 0.25) is 15.9 Å². The molecule has 5 N–H and O–H groups in total. The fraction of sp³-hybridized carbons (Fsp3) is 0.125. The summed E-state index contributed by atoms with van der Waals surface area (Å²) in [6.07, 6.45) is 0. The third-order valence-corrected chi connectivity index (χ3v) is 2.59. The molecule has 1 amide bonds. The molecule has 1 aromatic rings. The highest BCUT2D eigenvalue weighted by Gasteiger charge is 2.14. The van der Waals surface area contributed by atoms with Gasteiger partial charge in [0.1, 0.15) is 4.90 Å². The van der Waals surface area contributed by atoms with E-state index in [9.17, 15) is 13.2 Å². The van der Waals surface area contributed by atoms with Gasteiger partial charge in [0.15, 0.2) is 0 Å². The monoisotopic (exact) mass is 229 g/mol. The number of hydrogen-bond donors (Lipinski definition) is 3. The van der Waals surface area contributed by atoms with Crippen LogP contribution in [0.25, 0.3) is 0 Å². The number of sulfonamides is 1. The van der Waals surface area contributed by atoms with E-state index in [4.69, 9.17) is 10.9 Å². The molecule has 0 spiro atoms. The van der Waals surface area contributed by atoms with Crippen LogP contribution in [-0.4, -0.2) is 14.3 Å². The molecular formula is C8H11N3O3S. The number of nitrogens with one attached hydrogen (secondary N) is 1. The highest BCUT2D eigenvalue weighted by molar-refractivity contribution is 7.89. The van der Waals surface area contributed by atoms with Gasteiger partial charge in [-0.2, -0.15) is 0 Å². The van der Waals surface area contributed by atoms with Gasteiger partial charge < -0.3 is 11.1 Å². The number of amides is 1. The first kappa shape index (κ1) is 11.5. The lowest BCUT2D eigenvalue weighted by Gasteiger charge is -2.08. The van der Waals surface area contributed by atoms with Gasteiger partial charge in [-0.25, -0.2) is 13.6 Å². The summed E-state index contributed by atoms with van der Waals surface area (Å²) in [4.78, 5) is 10.7. The van der Waals surface area contributed by atoms with E-state index < -0.39 is 15.9 Å². The van der Waals surface area contributed by atoms with Crippen LogP contribution in [-0.2, 0) is 14.8 Å². The minimum absolute atomic E-state index is 0.0880. The van der Waals surface area contributed by atoms with Crippen molar-refractivity contribution < 1.29 is 13.2 Å². The summed E-state index contributed by atoms with van der Waals surface area (Å²) in [7, 11) is -3.87. The fourth-order valence-electron chi connectivity index (χ4n) is 1.08. The van der Waals surface area contributed by atoms with Gasteiger partial charge in [0, 0.05) is 12.6 Å². The van der Waals surface area contributed by atoms with Gasteiger partial charge in [-0.3, -0.25) is 4.79 Å². The van der Waals surface area contributed by atoms with Crippen LogP contribution in [0.1, 0.15) is 6.92 Å². The Labute approximate surface area is 87.3 Å². The lowest BCUT2D eigenvalue weighted by Crippen LogP contribution is -2.17. The zero-order valence-corrected chi connectivity index (χ0v) is 8.84. The summed E-state index contributed by atoms with van der Waals surface area (Å²) in [5, 5.41) is 7.31. The molecule has 0 radical (unpaired) electrons. The largest absolute Gasteiger partial charge is 0.399 e. The van der Waals surface area contributed by atoms with Gasteiger partial charge in [0.25, 0.3) is 0 Å². The summed E-state index contributed by atoms with van der Waals surface area (Å²) >= 11 is 0. The van der Waals surface area contributed by atoms with E-state index >= 15 is 0 Å². The summed E-state index contributed by atoms with van der Waals surface area (Å²) in [6.45, 7) is 1.26. The van der Waals surface area contributed by atoms with Crippen molar-refractivity contribution in [1.29, 1.82) is 0 Å². The quantitative estimate of drug-likeness (QED) is 0.613. The molecule has 0 saturated carbocycles. The molecule has 0 atom stereocenters. The lowest BCUT2D eigenvalue weighted by molar-refractivity contribution is -0.114. The van der Waals surface area contributed by atoms with Crippen LogP contribution >= 0.6 is 0 Å². The SMILES string of the molecule is CC(=O)Nc1cc(N)ccc1S(N)(=O)=O. The molecule has 0 heterocycles. The van der Waals surface area contributed by atoms with Crippen molar-refractivity contribution in [3.63, 3.8) is 0 Å². The molecule has 0 bridgehead atoms. The molecule has 15 heavy (non-hydrogen) atoms. The van der Waals surface area contributed by atoms with Crippen molar-refractivity contribution in [2.45, 2.75) is 11.8 Å². The Morgan fingerprint density at radius 1 is 1.40 bits per heavy atom. The molecule has 0 aliphatic rings. The third-order valence-electron chi connectivity index (χ3n) is 1.62. The number of hydrogen-bond acceptors (Lipinski definition) is 4. The zero-order valence-electron chi connectivity index (χ0n) is 8.02. The van der Waals surface area contributed by atoms with E-state index in [2.05, 4.69) is 5.32 Å². The molecule has 1 rings (SSSR count). The molecular weight excluding hydrogens is 218 g/mol. The van der Waals surface area contributed by atoms with Gasteiger partial charge in [0.05, 0.1) is 5.69 Å². The maximum Gasteiger partial charge on any atom is 0.240 e. The molecule has 0 fully saturated rings. The minimum Gasteiger partial charge on any atom is -0.399 e. The Hall–Kier alpha value is -1.60. The van der Waals surface area contributed by atoms with Gasteiger partial charge >= 0.3 is 0 Å². The first-order chi connectivity index (χ1) is 6.80. The number of nitrogens with two attached hydrogens (primary N) is 2. The van der Waals surface area contributed by atoms with E-state index in [-0.39, 0.29) is 10.6 Å². The second kappa shape index (κ2) is 3.87. The molecule has 6 nitrogen and oxygen atoms in total. The van der Waals surface area contributed by atoms with Crippen LogP contribution in [0.15, 0.2) is 23.1 Å². The summed E-state index contributed by atoms with van der Waals surface area (Å²) < 4.78 is 22.3. The number of primary sulfonamides is 1. The normalized spacial score (nSPS) is 11.1. The smallest absolute Gasteiger partial charge is 0.240 e. The Kier molecular flexibility index (Phi) is 2.96. The molecule has 0 aromatic heterocycles. The fourth-order valence-corrected chi connectivity index (χ4v) is 1.76. The second-order valence-corrected chi connectivity index (χ2v) is 4.51. The zero-order chi connectivity index (χ0) is 11.6. The van der Waals surface area contributed by atoms with E-state index in [1.165, 1.54) is 25.1 Å². The number of rotatable bonds is 2. The minimum atomic E-state index is -3.87. The summed E-state index contributed by atoms with van der Waals surface area (Å²) in [5.74, 6) is -0.398. The van der Waals surface area contributed by atoms with Crippen LogP contribution in [0.4, 0.5) is 11.4 Å². The van der Waals surface area contributed by atoms with Gasteiger partial charge in [-0.1, -0.05) is 0 Å². The highest BCUT2D eigenvalue weighted by Crippen LogP contribution is 2.22. The van der Waals surface area contributed by atoms with E-state index in [1.54, 1.807) is 0 Å². The number of carbonyl (C=O) groups is 1. The Bertz CT molecular complexity index is 496. The second-order valence-electron chi connectivity index (χ2n) is 2.98. The summed E-state index contributed by atoms with van der Waals surface area (Å²) in [6, 6.07) is 3.97. The molecule has 7 heteroatoms. The van der Waals surface area contributed by atoms with Crippen LogP contribution in [0.5, 0.6) is 0 Å². The van der Waals surface area contributed by atoms with E-state index in [0.29, 0.717) is 5.69 Å². The molecule has 0 saturated heterocycles. The topological polar surface area (TPSA) is 115 Å². The van der Waals surface area contributed by atoms with Gasteiger partial charge in [-0.15, -0.1) is 0 Å². The Morgan fingerprint density at radius 2 is 2.00 bits per heavy atom. The van der Waals surface area contributed by atoms with Crippen molar-refractivity contribution in [3.8, 4) is 0 Å². The van der Waals surface area contributed by atoms with Crippen molar-refractivity contribution in [2.24, 2.45) is 5.14 Å². The lowest BCUT2D eigenvalue weighted by atomic mass is 10.3. The van der Waals surface area contributed by atoms with Crippen molar-refractivity contribution in [3.05, 3.63) is 18.2 Å². The van der Waals surface area contributed by atoms with Crippen LogP contribution in [0.3, 0.4) is 0 Å². The predicted molar refractivity (Wildman–Crippen MR) is 56.5 cm³/mol. The first-order valence-electron chi connectivity index (χ1n) is 4.00. The first-order valence-corrected chi connectivity index (χ1v) is 5.55. The third kappa shape index (κ3) is 2.93. The Morgan fingerprint density at radius 3 is 2.47 bits per heavy atom. The van der Waals surface area contributed by atoms with Crippen molar-refractivity contribution >= 4 is 27.3 Å². The number of carbonyl (C=O) groups excluding carboxylic acids is 1. The van der Waals surface area contributed by atoms with Crippen molar-refractivity contribution in [2.75, 3.05) is 11.1 Å². The number of anilines is 2. The van der Waals surface area contributed by atoms with Crippen LogP contribution < -0.4 is 16.2 Å². The number of nitrogen functional groups attached to an aromatic ring is 1. The average Bonchev–Trinajstić information content (AvgIpc) is 1.99.